The summed E-state index contributed by atoms with van der Waals surface area (Å²) < 4.78 is 13.8. The normalized spacial score (nSPS) is 12.3. The van der Waals surface area contributed by atoms with E-state index in [4.69, 9.17) is 16.7 Å². The van der Waals surface area contributed by atoms with Crippen LogP contribution < -0.4 is 5.32 Å². The summed E-state index contributed by atoms with van der Waals surface area (Å²) in [6, 6.07) is 4.15. The van der Waals surface area contributed by atoms with Crippen molar-refractivity contribution in [1.82, 2.24) is 5.32 Å². The highest BCUT2D eigenvalue weighted by Crippen LogP contribution is 2.35. The van der Waals surface area contributed by atoms with Gasteiger partial charge in [0.05, 0.1) is 5.02 Å². The van der Waals surface area contributed by atoms with Crippen molar-refractivity contribution in [3.05, 3.63) is 33.9 Å². The molecule has 7 heteroatoms. The lowest BCUT2D eigenvalue weighted by atomic mass is 10.1. The second-order valence-electron chi connectivity index (χ2n) is 4.80. The van der Waals surface area contributed by atoms with E-state index in [1.165, 1.54) is 18.2 Å². The van der Waals surface area contributed by atoms with E-state index in [1.54, 1.807) is 6.92 Å². The van der Waals surface area contributed by atoms with E-state index < -0.39 is 5.97 Å². The number of carboxylic acids is 1. The molecule has 0 bridgehead atoms. The van der Waals surface area contributed by atoms with E-state index in [0.717, 1.165) is 11.3 Å². The third-order valence-electron chi connectivity index (χ3n) is 2.93. The number of amides is 1. The van der Waals surface area contributed by atoms with Crippen molar-refractivity contribution in [3.8, 4) is 0 Å². The predicted octanol–water partition coefficient (Wildman–Crippen LogP) is 3.53. The Kier molecular flexibility index (Phi) is 4.80. The fourth-order valence-corrected chi connectivity index (χ4v) is 3.36. The molecule has 1 aromatic carbocycles. The Hall–Kier alpha value is -1.66. The second kappa shape index (κ2) is 6.41. The van der Waals surface area contributed by atoms with Crippen LogP contribution >= 0.6 is 22.9 Å². The standard InChI is InChI=1S/C14H13ClFNO3S/c1-7(4-11(18)19)6-17-14(20)13-12(15)9-3-2-8(16)5-10(9)21-13/h2-3,5,7H,4,6H2,1H3,(H,17,20)(H,18,19). The van der Waals surface area contributed by atoms with Crippen molar-refractivity contribution >= 4 is 44.9 Å². The number of rotatable bonds is 5. The van der Waals surface area contributed by atoms with Crippen molar-refractivity contribution in [2.45, 2.75) is 13.3 Å². The van der Waals surface area contributed by atoms with Gasteiger partial charge in [0.25, 0.3) is 5.91 Å². The van der Waals surface area contributed by atoms with Crippen molar-refractivity contribution in [1.29, 1.82) is 0 Å². The number of hydrogen-bond acceptors (Lipinski definition) is 3. The van der Waals surface area contributed by atoms with Crippen LogP contribution in [0.5, 0.6) is 0 Å². The van der Waals surface area contributed by atoms with Crippen LogP contribution in [0.1, 0.15) is 23.0 Å². The Morgan fingerprint density at radius 2 is 2.19 bits per heavy atom. The molecule has 0 aliphatic rings. The number of benzene rings is 1. The molecule has 1 amide bonds. The largest absolute Gasteiger partial charge is 0.481 e. The number of halogens is 2. The van der Waals surface area contributed by atoms with Gasteiger partial charge in [0.15, 0.2) is 0 Å². The van der Waals surface area contributed by atoms with Gasteiger partial charge in [-0.1, -0.05) is 18.5 Å². The SMILES string of the molecule is CC(CNC(=O)c1sc2cc(F)ccc2c1Cl)CC(=O)O. The first-order valence-corrected chi connectivity index (χ1v) is 7.45. The Morgan fingerprint density at radius 3 is 2.86 bits per heavy atom. The molecule has 1 aromatic heterocycles. The van der Waals surface area contributed by atoms with Gasteiger partial charge in [-0.2, -0.15) is 0 Å². The molecule has 0 saturated heterocycles. The Labute approximate surface area is 129 Å². The molecule has 0 spiro atoms. The number of aliphatic carboxylic acids is 1. The van der Waals surface area contributed by atoms with Crippen LogP contribution in [0.2, 0.25) is 5.02 Å². The molecule has 1 unspecified atom stereocenters. The smallest absolute Gasteiger partial charge is 0.303 e. The first-order chi connectivity index (χ1) is 9.88. The summed E-state index contributed by atoms with van der Waals surface area (Å²) in [4.78, 5) is 22.9. The van der Waals surface area contributed by atoms with E-state index >= 15 is 0 Å². The number of nitrogens with one attached hydrogen (secondary N) is 1. The molecule has 1 heterocycles. The average molecular weight is 330 g/mol. The zero-order valence-electron chi connectivity index (χ0n) is 11.2. The summed E-state index contributed by atoms with van der Waals surface area (Å²) >= 11 is 7.25. The van der Waals surface area contributed by atoms with E-state index in [-0.39, 0.29) is 30.6 Å². The molecular weight excluding hydrogens is 317 g/mol. The van der Waals surface area contributed by atoms with Crippen LogP contribution in [0.25, 0.3) is 10.1 Å². The summed E-state index contributed by atoms with van der Waals surface area (Å²) in [6.07, 6.45) is -0.0222. The lowest BCUT2D eigenvalue weighted by molar-refractivity contribution is -0.137. The minimum atomic E-state index is -0.910. The van der Waals surface area contributed by atoms with Gasteiger partial charge in [0, 0.05) is 23.1 Å². The number of carbonyl (C=O) groups is 2. The zero-order chi connectivity index (χ0) is 15.6. The van der Waals surface area contributed by atoms with Gasteiger partial charge < -0.3 is 10.4 Å². The van der Waals surface area contributed by atoms with E-state index in [0.29, 0.717) is 20.0 Å². The average Bonchev–Trinajstić information content (AvgIpc) is 2.72. The molecule has 2 rings (SSSR count). The number of fused-ring (bicyclic) bond motifs is 1. The van der Waals surface area contributed by atoms with Crippen molar-refractivity contribution < 1.29 is 19.1 Å². The van der Waals surface area contributed by atoms with Gasteiger partial charge in [-0.15, -0.1) is 11.3 Å². The molecule has 2 aromatic rings. The molecule has 0 radical (unpaired) electrons. The minimum absolute atomic E-state index is 0.0222. The van der Waals surface area contributed by atoms with Crippen LogP contribution in [0.3, 0.4) is 0 Å². The van der Waals surface area contributed by atoms with Crippen LogP contribution in [0.4, 0.5) is 4.39 Å². The summed E-state index contributed by atoms with van der Waals surface area (Å²) in [6.45, 7) is 1.97. The highest BCUT2D eigenvalue weighted by atomic mass is 35.5. The van der Waals surface area contributed by atoms with E-state index in [1.807, 2.05) is 0 Å². The molecule has 21 heavy (non-hydrogen) atoms. The fourth-order valence-electron chi connectivity index (χ4n) is 1.90. The van der Waals surface area contributed by atoms with Gasteiger partial charge in [0.2, 0.25) is 0 Å². The minimum Gasteiger partial charge on any atom is -0.481 e. The molecule has 1 atom stereocenters. The zero-order valence-corrected chi connectivity index (χ0v) is 12.7. The predicted molar refractivity (Wildman–Crippen MR) is 80.5 cm³/mol. The summed E-state index contributed by atoms with van der Waals surface area (Å²) in [5, 5.41) is 12.2. The number of thiophene rings is 1. The lowest BCUT2D eigenvalue weighted by Crippen LogP contribution is -2.28. The molecule has 4 nitrogen and oxygen atoms in total. The maximum absolute atomic E-state index is 13.2. The van der Waals surface area contributed by atoms with Gasteiger partial charge >= 0.3 is 5.97 Å². The van der Waals surface area contributed by atoms with Crippen molar-refractivity contribution in [3.63, 3.8) is 0 Å². The monoisotopic (exact) mass is 329 g/mol. The Balaban J connectivity index is 2.12. The summed E-state index contributed by atoms with van der Waals surface area (Å²) in [5.41, 5.74) is 0. The third-order valence-corrected chi connectivity index (χ3v) is 4.59. The topological polar surface area (TPSA) is 66.4 Å². The Bertz CT molecular complexity index is 701. The number of hydrogen-bond donors (Lipinski definition) is 2. The molecule has 2 N–H and O–H groups in total. The van der Waals surface area contributed by atoms with Gasteiger partial charge in [-0.25, -0.2) is 4.39 Å². The van der Waals surface area contributed by atoms with Crippen LogP contribution in [0, 0.1) is 11.7 Å². The summed E-state index contributed by atoms with van der Waals surface area (Å²) in [5.74, 6) is -1.86. The highest BCUT2D eigenvalue weighted by molar-refractivity contribution is 7.21. The quantitative estimate of drug-likeness (QED) is 0.881. The van der Waals surface area contributed by atoms with Gasteiger partial charge in [-0.05, 0) is 24.1 Å². The van der Waals surface area contributed by atoms with E-state index in [2.05, 4.69) is 5.32 Å². The third kappa shape index (κ3) is 3.71. The van der Waals surface area contributed by atoms with E-state index in [9.17, 15) is 14.0 Å². The fraction of sp³-hybridized carbons (Fsp3) is 0.286. The van der Waals surface area contributed by atoms with Crippen LogP contribution in [-0.4, -0.2) is 23.5 Å². The van der Waals surface area contributed by atoms with Crippen molar-refractivity contribution in [2.75, 3.05) is 6.54 Å². The van der Waals surface area contributed by atoms with Crippen LogP contribution in [0.15, 0.2) is 18.2 Å². The first kappa shape index (κ1) is 15.7. The lowest BCUT2D eigenvalue weighted by Gasteiger charge is -2.09. The summed E-state index contributed by atoms with van der Waals surface area (Å²) in [7, 11) is 0. The molecular formula is C14H13ClFNO3S. The second-order valence-corrected chi connectivity index (χ2v) is 6.23. The van der Waals surface area contributed by atoms with Crippen LogP contribution in [-0.2, 0) is 4.79 Å². The number of carboxylic acid groups (broad SMARTS) is 1. The van der Waals surface area contributed by atoms with Gasteiger partial charge in [0.1, 0.15) is 10.7 Å². The molecule has 0 aliphatic heterocycles. The highest BCUT2D eigenvalue weighted by Gasteiger charge is 2.18. The first-order valence-electron chi connectivity index (χ1n) is 6.26. The van der Waals surface area contributed by atoms with Crippen molar-refractivity contribution in [2.24, 2.45) is 5.92 Å². The number of carbonyl (C=O) groups excluding carboxylic acids is 1. The Morgan fingerprint density at radius 1 is 1.48 bits per heavy atom. The molecule has 0 saturated carbocycles. The maximum Gasteiger partial charge on any atom is 0.303 e. The molecule has 0 aliphatic carbocycles. The maximum atomic E-state index is 13.2. The molecule has 0 fully saturated rings. The molecule has 112 valence electrons. The van der Waals surface area contributed by atoms with Gasteiger partial charge in [-0.3, -0.25) is 9.59 Å².